The Bertz CT molecular complexity index is 509. The molecule has 0 aliphatic heterocycles. The zero-order chi connectivity index (χ0) is 12.5. The maximum absolute atomic E-state index is 11.9. The van der Waals surface area contributed by atoms with Gasteiger partial charge in [-0.25, -0.2) is 4.98 Å². The zero-order valence-corrected chi connectivity index (χ0v) is 11.7. The third-order valence-corrected chi connectivity index (χ3v) is 4.00. The largest absolute Gasteiger partial charge is 0.293 e. The molecule has 0 saturated carbocycles. The molecule has 0 aliphatic carbocycles. The monoisotopic (exact) mass is 266 g/mol. The normalized spacial score (nSPS) is 11.7. The number of carbonyl (C=O) groups excluding carboxylic acids is 1. The molecule has 90 valence electrons. The summed E-state index contributed by atoms with van der Waals surface area (Å²) in [5, 5.41) is 2.92. The summed E-state index contributed by atoms with van der Waals surface area (Å²) in [5.74, 6) is 0.0994. The lowest BCUT2D eigenvalue weighted by atomic mass is 9.93. The molecule has 0 bridgehead atoms. The molecule has 2 rings (SSSR count). The molecule has 2 aromatic heterocycles. The van der Waals surface area contributed by atoms with E-state index in [-0.39, 0.29) is 11.2 Å². The number of rotatable bonds is 3. The first-order chi connectivity index (χ1) is 7.97. The van der Waals surface area contributed by atoms with E-state index in [4.69, 9.17) is 0 Å². The first-order valence-corrected chi connectivity index (χ1v) is 7.09. The van der Waals surface area contributed by atoms with Crippen LogP contribution in [0.5, 0.6) is 0 Å². The quantitative estimate of drug-likeness (QED) is 0.800. The fourth-order valence-corrected chi connectivity index (χ4v) is 2.89. The van der Waals surface area contributed by atoms with Crippen LogP contribution in [0.25, 0.3) is 0 Å². The second-order valence-corrected chi connectivity index (χ2v) is 6.67. The van der Waals surface area contributed by atoms with Crippen molar-refractivity contribution in [1.29, 1.82) is 0 Å². The van der Waals surface area contributed by atoms with Gasteiger partial charge in [-0.3, -0.25) is 9.78 Å². The van der Waals surface area contributed by atoms with Crippen LogP contribution in [0, 0.1) is 0 Å². The number of hydrogen-bond acceptors (Lipinski definition) is 5. The molecule has 17 heavy (non-hydrogen) atoms. The van der Waals surface area contributed by atoms with E-state index in [9.17, 15) is 4.79 Å². The number of Topliss-reactive ketones (excluding diaryl/α,β-unsaturated/α-hetero) is 1. The fraction of sp³-hybridized carbons (Fsp3) is 0.417. The highest BCUT2D eigenvalue weighted by molar-refractivity contribution is 7.12. The van der Waals surface area contributed by atoms with Crippen LogP contribution in [0.1, 0.15) is 41.1 Å². The van der Waals surface area contributed by atoms with Crippen LogP contribution in [0.4, 0.5) is 0 Å². The third-order valence-electron chi connectivity index (χ3n) is 2.34. The first-order valence-electron chi connectivity index (χ1n) is 5.33. The molecule has 0 saturated heterocycles. The van der Waals surface area contributed by atoms with Crippen LogP contribution < -0.4 is 0 Å². The number of hydrogen-bond donors (Lipinski definition) is 0. The van der Waals surface area contributed by atoms with E-state index in [0.717, 1.165) is 10.7 Å². The van der Waals surface area contributed by atoms with E-state index >= 15 is 0 Å². The number of nitrogens with zero attached hydrogens (tertiary/aromatic N) is 2. The van der Waals surface area contributed by atoms with Crippen molar-refractivity contribution in [1.82, 2.24) is 9.97 Å². The van der Waals surface area contributed by atoms with E-state index in [1.807, 2.05) is 5.38 Å². The summed E-state index contributed by atoms with van der Waals surface area (Å²) in [4.78, 5) is 21.0. The van der Waals surface area contributed by atoms with Crippen molar-refractivity contribution < 1.29 is 4.79 Å². The average molecular weight is 266 g/mol. The predicted molar refractivity (Wildman–Crippen MR) is 71.0 cm³/mol. The van der Waals surface area contributed by atoms with Crippen LogP contribution in [-0.4, -0.2) is 15.8 Å². The van der Waals surface area contributed by atoms with Crippen molar-refractivity contribution in [3.05, 3.63) is 32.7 Å². The second kappa shape index (κ2) is 4.66. The Hall–Kier alpha value is -1.07. The van der Waals surface area contributed by atoms with Crippen molar-refractivity contribution >= 4 is 28.5 Å². The standard InChI is InChI=1S/C12H14N2OS2/c1-12(2,3)10-6-16-11(14-10)4-8(15)9-5-13-7-17-9/h5-7H,4H2,1-3H3. The molecule has 0 unspecified atom stereocenters. The summed E-state index contributed by atoms with van der Waals surface area (Å²) in [6.07, 6.45) is 1.99. The second-order valence-electron chi connectivity index (χ2n) is 4.84. The molecule has 5 heteroatoms. The molecule has 2 heterocycles. The summed E-state index contributed by atoms with van der Waals surface area (Å²) in [7, 11) is 0. The maximum Gasteiger partial charge on any atom is 0.181 e. The smallest absolute Gasteiger partial charge is 0.181 e. The fourth-order valence-electron chi connectivity index (χ4n) is 1.31. The number of aromatic nitrogens is 2. The van der Waals surface area contributed by atoms with Gasteiger partial charge in [-0.2, -0.15) is 0 Å². The summed E-state index contributed by atoms with van der Waals surface area (Å²) < 4.78 is 0. The summed E-state index contributed by atoms with van der Waals surface area (Å²) >= 11 is 2.93. The third kappa shape index (κ3) is 2.98. The SMILES string of the molecule is CC(C)(C)c1csc(CC(=O)c2cncs2)n1. The van der Waals surface area contributed by atoms with Crippen molar-refractivity contribution in [3.63, 3.8) is 0 Å². The lowest BCUT2D eigenvalue weighted by molar-refractivity contribution is 0.0996. The summed E-state index contributed by atoms with van der Waals surface area (Å²) in [5.41, 5.74) is 2.77. The van der Waals surface area contributed by atoms with Gasteiger partial charge in [-0.05, 0) is 0 Å². The predicted octanol–water partition coefficient (Wildman–Crippen LogP) is 3.32. The van der Waals surface area contributed by atoms with Gasteiger partial charge >= 0.3 is 0 Å². The lowest BCUT2D eigenvalue weighted by Crippen LogP contribution is -2.12. The summed E-state index contributed by atoms with van der Waals surface area (Å²) in [6.45, 7) is 6.37. The molecule has 0 amide bonds. The van der Waals surface area contributed by atoms with E-state index in [0.29, 0.717) is 11.3 Å². The van der Waals surface area contributed by atoms with E-state index in [1.54, 1.807) is 23.0 Å². The average Bonchev–Trinajstić information content (AvgIpc) is 2.85. The minimum Gasteiger partial charge on any atom is -0.293 e. The van der Waals surface area contributed by atoms with Crippen molar-refractivity contribution in [2.24, 2.45) is 0 Å². The van der Waals surface area contributed by atoms with Gasteiger partial charge in [0.15, 0.2) is 5.78 Å². The Labute approximate surface area is 109 Å². The van der Waals surface area contributed by atoms with Crippen molar-refractivity contribution in [2.75, 3.05) is 0 Å². The molecule has 0 atom stereocenters. The molecule has 0 aromatic carbocycles. The van der Waals surface area contributed by atoms with Crippen LogP contribution >= 0.6 is 22.7 Å². The molecule has 0 aliphatic rings. The Kier molecular flexibility index (Phi) is 3.40. The lowest BCUT2D eigenvalue weighted by Gasteiger charge is -2.14. The van der Waals surface area contributed by atoms with Crippen molar-refractivity contribution in [2.45, 2.75) is 32.6 Å². The van der Waals surface area contributed by atoms with Gasteiger partial charge in [-0.15, -0.1) is 22.7 Å². The van der Waals surface area contributed by atoms with Crippen LogP contribution in [0.3, 0.4) is 0 Å². The van der Waals surface area contributed by atoms with Gasteiger partial charge < -0.3 is 0 Å². The van der Waals surface area contributed by atoms with Gasteiger partial charge in [0.05, 0.1) is 22.5 Å². The van der Waals surface area contributed by atoms with E-state index < -0.39 is 0 Å². The zero-order valence-electron chi connectivity index (χ0n) is 10.1. The van der Waals surface area contributed by atoms with Gasteiger partial charge in [-0.1, -0.05) is 20.8 Å². The van der Waals surface area contributed by atoms with Crippen LogP contribution in [0.15, 0.2) is 17.1 Å². The van der Waals surface area contributed by atoms with Crippen molar-refractivity contribution in [3.8, 4) is 0 Å². The van der Waals surface area contributed by atoms with Gasteiger partial charge in [0.2, 0.25) is 0 Å². The van der Waals surface area contributed by atoms with Gasteiger partial charge in [0.25, 0.3) is 0 Å². The highest BCUT2D eigenvalue weighted by Gasteiger charge is 2.18. The molecule has 0 radical (unpaired) electrons. The van der Waals surface area contributed by atoms with Crippen LogP contribution in [-0.2, 0) is 11.8 Å². The molecular formula is C12H14N2OS2. The molecule has 2 aromatic rings. The van der Waals surface area contributed by atoms with Gasteiger partial charge in [0, 0.05) is 17.0 Å². The molecule has 0 spiro atoms. The molecule has 0 N–H and O–H groups in total. The minimum absolute atomic E-state index is 0.0439. The summed E-state index contributed by atoms with van der Waals surface area (Å²) in [6, 6.07) is 0. The topological polar surface area (TPSA) is 42.9 Å². The van der Waals surface area contributed by atoms with Crippen LogP contribution in [0.2, 0.25) is 0 Å². The highest BCUT2D eigenvalue weighted by atomic mass is 32.1. The Morgan fingerprint density at radius 1 is 1.35 bits per heavy atom. The Morgan fingerprint density at radius 3 is 2.65 bits per heavy atom. The minimum atomic E-state index is 0.0439. The molecule has 0 fully saturated rings. The molecular weight excluding hydrogens is 252 g/mol. The first kappa shape index (κ1) is 12.4. The Balaban J connectivity index is 2.10. The Morgan fingerprint density at radius 2 is 2.12 bits per heavy atom. The maximum atomic E-state index is 11.9. The van der Waals surface area contributed by atoms with E-state index in [1.165, 1.54) is 11.3 Å². The number of thiazole rings is 2. The number of ketones is 1. The van der Waals surface area contributed by atoms with E-state index in [2.05, 4.69) is 30.7 Å². The van der Waals surface area contributed by atoms with Gasteiger partial charge in [0.1, 0.15) is 5.01 Å². The molecule has 3 nitrogen and oxygen atoms in total. The number of carbonyl (C=O) groups is 1. The highest BCUT2D eigenvalue weighted by Crippen LogP contribution is 2.24.